The Balaban J connectivity index is 1.33. The Labute approximate surface area is 257 Å². The van der Waals surface area contributed by atoms with E-state index in [9.17, 15) is 40.5 Å². The Morgan fingerprint density at radius 3 is 2.24 bits per heavy atom. The third-order valence-corrected chi connectivity index (χ3v) is 7.17. The molecule has 2 fully saturated rings. The molecule has 7 N–H and O–H groups in total. The molecule has 0 aliphatic carbocycles. The molecule has 2 aliphatic heterocycles. The Morgan fingerprint density at radius 1 is 0.933 bits per heavy atom. The number of aliphatic hydroxyl groups is 5. The van der Waals surface area contributed by atoms with Gasteiger partial charge in [-0.2, -0.15) is 0 Å². The molecule has 0 aromatic heterocycles. The first-order chi connectivity index (χ1) is 21.4. The third kappa shape index (κ3) is 7.69. The Kier molecular flexibility index (Phi) is 10.9. The van der Waals surface area contributed by atoms with Gasteiger partial charge in [-0.05, 0) is 23.8 Å². The highest BCUT2D eigenvalue weighted by molar-refractivity contribution is 5.87. The largest absolute Gasteiger partial charge is 0.504 e. The number of aliphatic hydroxyl groups excluding tert-OH is 4. The van der Waals surface area contributed by atoms with E-state index in [4.69, 9.17) is 37.9 Å². The molecular formula is C29H36O16. The maximum absolute atomic E-state index is 12.1. The minimum absolute atomic E-state index is 0.113. The van der Waals surface area contributed by atoms with Crippen molar-refractivity contribution in [1.29, 1.82) is 0 Å². The molecule has 16 heteroatoms. The quantitative estimate of drug-likeness (QED) is 0.0840. The van der Waals surface area contributed by atoms with Crippen LogP contribution in [0.3, 0.4) is 0 Å². The van der Waals surface area contributed by atoms with Crippen molar-refractivity contribution in [2.24, 2.45) is 0 Å². The summed E-state index contributed by atoms with van der Waals surface area (Å²) in [6.07, 6.45) is -8.65. The highest BCUT2D eigenvalue weighted by atomic mass is 16.7. The predicted octanol–water partition coefficient (Wildman–Crippen LogP) is -0.969. The number of esters is 1. The lowest BCUT2D eigenvalue weighted by Gasteiger charge is -2.40. The molecule has 2 aromatic rings. The average molecular weight is 641 g/mol. The highest BCUT2D eigenvalue weighted by Crippen LogP contribution is 2.41. The summed E-state index contributed by atoms with van der Waals surface area (Å²) in [5.74, 6) is -0.690. The van der Waals surface area contributed by atoms with Gasteiger partial charge in [0, 0.05) is 18.2 Å². The molecule has 0 unspecified atom stereocenters. The fourth-order valence-corrected chi connectivity index (χ4v) is 4.58. The second-order valence-corrected chi connectivity index (χ2v) is 10.2. The van der Waals surface area contributed by atoms with E-state index in [0.29, 0.717) is 5.56 Å². The van der Waals surface area contributed by atoms with Gasteiger partial charge < -0.3 is 73.6 Å². The third-order valence-electron chi connectivity index (χ3n) is 7.17. The van der Waals surface area contributed by atoms with Crippen LogP contribution in [0.5, 0.6) is 34.5 Å². The van der Waals surface area contributed by atoms with Gasteiger partial charge in [0.25, 0.3) is 0 Å². The number of aromatic hydroxyl groups is 2. The van der Waals surface area contributed by atoms with E-state index in [1.54, 1.807) is 0 Å². The molecule has 0 spiro atoms. The number of methoxy groups -OCH3 is 3. The fourth-order valence-electron chi connectivity index (χ4n) is 4.58. The van der Waals surface area contributed by atoms with Crippen LogP contribution in [0, 0.1) is 0 Å². The number of phenols is 2. The van der Waals surface area contributed by atoms with Crippen molar-refractivity contribution in [2.45, 2.75) is 48.7 Å². The first-order valence-corrected chi connectivity index (χ1v) is 13.6. The standard InChI is InChI=1S/C29H36O16/c1-38-18-9-15(10-19(39-2)25(18)40-3)44-27-24(35)23(34)22(33)20(45-27)11-41-28-26(36)29(37,13-43-28)12-42-21(32)7-5-14-4-6-16(30)17(31)8-14/h4-10,20,22-24,26-28,30-31,33-37H,11-13H2,1-3H3/b7-5+/t20-,22-,23+,24-,26+,27-,28-,29-/m1/s1. The summed E-state index contributed by atoms with van der Waals surface area (Å²) in [6, 6.07) is 6.77. The predicted molar refractivity (Wildman–Crippen MR) is 150 cm³/mol. The molecule has 0 amide bonds. The van der Waals surface area contributed by atoms with Crippen molar-refractivity contribution in [2.75, 3.05) is 41.2 Å². The summed E-state index contributed by atoms with van der Waals surface area (Å²) in [6.45, 7) is -1.64. The summed E-state index contributed by atoms with van der Waals surface area (Å²) in [4.78, 5) is 12.1. The smallest absolute Gasteiger partial charge is 0.330 e. The van der Waals surface area contributed by atoms with Gasteiger partial charge in [0.15, 0.2) is 34.9 Å². The first-order valence-electron chi connectivity index (χ1n) is 13.6. The maximum atomic E-state index is 12.1. The molecular weight excluding hydrogens is 604 g/mol. The molecule has 0 saturated carbocycles. The molecule has 0 bridgehead atoms. The van der Waals surface area contributed by atoms with Gasteiger partial charge in [-0.1, -0.05) is 6.07 Å². The number of phenolic OH excluding ortho intramolecular Hbond substituents is 2. The zero-order valence-electron chi connectivity index (χ0n) is 24.5. The highest BCUT2D eigenvalue weighted by Gasteiger charge is 2.51. The number of hydrogen-bond acceptors (Lipinski definition) is 16. The van der Waals surface area contributed by atoms with Crippen LogP contribution < -0.4 is 18.9 Å². The van der Waals surface area contributed by atoms with Crippen molar-refractivity contribution in [3.05, 3.63) is 42.0 Å². The van der Waals surface area contributed by atoms with E-state index >= 15 is 0 Å². The van der Waals surface area contributed by atoms with Crippen LogP contribution in [0.15, 0.2) is 36.4 Å². The number of benzene rings is 2. The minimum atomic E-state index is -2.05. The van der Waals surface area contributed by atoms with Crippen molar-refractivity contribution in [3.8, 4) is 34.5 Å². The van der Waals surface area contributed by atoms with E-state index in [1.165, 1.54) is 57.7 Å². The topological polar surface area (TPSA) is 233 Å². The molecule has 16 nitrogen and oxygen atoms in total. The van der Waals surface area contributed by atoms with Gasteiger partial charge in [-0.15, -0.1) is 0 Å². The van der Waals surface area contributed by atoms with Gasteiger partial charge in [0.1, 0.15) is 42.9 Å². The minimum Gasteiger partial charge on any atom is -0.504 e. The lowest BCUT2D eigenvalue weighted by atomic mass is 9.99. The van der Waals surface area contributed by atoms with E-state index in [2.05, 4.69) is 0 Å². The number of carbonyl (C=O) groups excluding carboxylic acids is 1. The van der Waals surface area contributed by atoms with Gasteiger partial charge >= 0.3 is 5.97 Å². The maximum Gasteiger partial charge on any atom is 0.330 e. The first kappa shape index (κ1) is 34.0. The van der Waals surface area contributed by atoms with Crippen LogP contribution in [0.25, 0.3) is 6.08 Å². The number of rotatable bonds is 12. The molecule has 45 heavy (non-hydrogen) atoms. The molecule has 2 saturated heterocycles. The van der Waals surface area contributed by atoms with Crippen molar-refractivity contribution < 1.29 is 78.4 Å². The number of hydrogen-bond donors (Lipinski definition) is 7. The molecule has 248 valence electrons. The summed E-state index contributed by atoms with van der Waals surface area (Å²) in [7, 11) is 4.21. The van der Waals surface area contributed by atoms with Gasteiger partial charge in [0.05, 0.1) is 34.5 Å². The van der Waals surface area contributed by atoms with E-state index in [0.717, 1.165) is 6.08 Å². The lowest BCUT2D eigenvalue weighted by Crippen LogP contribution is -2.60. The van der Waals surface area contributed by atoms with E-state index in [-0.39, 0.29) is 34.5 Å². The van der Waals surface area contributed by atoms with Crippen LogP contribution in [0.1, 0.15) is 5.56 Å². The summed E-state index contributed by atoms with van der Waals surface area (Å²) >= 11 is 0. The van der Waals surface area contributed by atoms with Crippen molar-refractivity contribution in [3.63, 3.8) is 0 Å². The molecule has 2 heterocycles. The van der Waals surface area contributed by atoms with Crippen LogP contribution in [0.2, 0.25) is 0 Å². The zero-order valence-corrected chi connectivity index (χ0v) is 24.5. The lowest BCUT2D eigenvalue weighted by molar-refractivity contribution is -0.289. The zero-order chi connectivity index (χ0) is 32.9. The molecule has 4 rings (SSSR count). The van der Waals surface area contributed by atoms with Gasteiger partial charge in [-0.25, -0.2) is 4.79 Å². The Morgan fingerprint density at radius 2 is 1.62 bits per heavy atom. The normalized spacial score (nSPS) is 29.8. The monoisotopic (exact) mass is 640 g/mol. The average Bonchev–Trinajstić information content (AvgIpc) is 3.32. The second kappa shape index (κ2) is 14.5. The van der Waals surface area contributed by atoms with Crippen LogP contribution in [-0.2, 0) is 23.7 Å². The van der Waals surface area contributed by atoms with Crippen molar-refractivity contribution in [1.82, 2.24) is 0 Å². The molecule has 2 aromatic carbocycles. The fraction of sp³-hybridized carbons (Fsp3) is 0.483. The number of ether oxygens (including phenoxy) is 8. The van der Waals surface area contributed by atoms with Gasteiger partial charge in [-0.3, -0.25) is 0 Å². The van der Waals surface area contributed by atoms with Gasteiger partial charge in [0.2, 0.25) is 12.0 Å². The summed E-state index contributed by atoms with van der Waals surface area (Å²) in [5.41, 5.74) is -1.66. The molecule has 0 radical (unpaired) electrons. The van der Waals surface area contributed by atoms with E-state index in [1.807, 2.05) is 0 Å². The summed E-state index contributed by atoms with van der Waals surface area (Å²) < 4.78 is 43.1. The van der Waals surface area contributed by atoms with Crippen LogP contribution in [-0.4, -0.2) is 132 Å². The Bertz CT molecular complexity index is 1320. The number of carbonyl (C=O) groups is 1. The SMILES string of the molecule is COc1cc(O[C@@H]2O[C@H](CO[C@@H]3OC[C@](O)(COC(=O)/C=C/c4ccc(O)c(O)c4)[C@H]3O)[C@@H](O)[C@H](O)[C@H]2O)cc(OC)c1OC. The van der Waals surface area contributed by atoms with Crippen molar-refractivity contribution >= 4 is 12.0 Å². The Hall–Kier alpha value is -3.87. The van der Waals surface area contributed by atoms with Crippen LogP contribution >= 0.6 is 0 Å². The van der Waals surface area contributed by atoms with E-state index < -0.39 is 74.5 Å². The molecule has 8 atom stereocenters. The van der Waals surface area contributed by atoms with Crippen LogP contribution in [0.4, 0.5) is 0 Å². The summed E-state index contributed by atoms with van der Waals surface area (Å²) in [5, 5.41) is 71.8. The second-order valence-electron chi connectivity index (χ2n) is 10.2. The molecule has 2 aliphatic rings.